The average Bonchev–Trinajstić information content (AvgIpc) is 2.81. The van der Waals surface area contributed by atoms with Crippen LogP contribution < -0.4 is 10.7 Å². The van der Waals surface area contributed by atoms with Crippen molar-refractivity contribution in [2.75, 3.05) is 13.6 Å². The maximum atomic E-state index is 12.6. The smallest absolute Gasteiger partial charge is 0.251 e. The van der Waals surface area contributed by atoms with Crippen LogP contribution in [-0.2, 0) is 6.42 Å². The van der Waals surface area contributed by atoms with E-state index in [1.807, 2.05) is 51.2 Å². The van der Waals surface area contributed by atoms with Crippen molar-refractivity contribution in [3.8, 4) is 0 Å². The predicted octanol–water partition coefficient (Wildman–Crippen LogP) is 4.56. The van der Waals surface area contributed by atoms with Gasteiger partial charge in [-0.15, -0.1) is 0 Å². The number of pyridine rings is 1. The molecule has 7 nitrogen and oxygen atoms in total. The van der Waals surface area contributed by atoms with E-state index in [0.717, 1.165) is 22.5 Å². The van der Waals surface area contributed by atoms with E-state index in [2.05, 4.69) is 32.4 Å². The number of carbonyl (C=O) groups is 1. The lowest BCUT2D eigenvalue weighted by Crippen LogP contribution is -2.27. The zero-order valence-electron chi connectivity index (χ0n) is 21.7. The van der Waals surface area contributed by atoms with E-state index >= 15 is 0 Å². The van der Waals surface area contributed by atoms with Gasteiger partial charge in [0.15, 0.2) is 0 Å². The molecule has 0 saturated carbocycles. The Balaban J connectivity index is 2.97. The summed E-state index contributed by atoms with van der Waals surface area (Å²) in [5.41, 5.74) is 6.05. The minimum atomic E-state index is -0.857. The van der Waals surface area contributed by atoms with Crippen LogP contribution in [-0.4, -0.2) is 47.6 Å². The van der Waals surface area contributed by atoms with Crippen molar-refractivity contribution in [1.82, 2.24) is 15.7 Å². The average molecular weight is 478 g/mol. The minimum absolute atomic E-state index is 0.0760. The summed E-state index contributed by atoms with van der Waals surface area (Å²) in [6, 6.07) is 3.46. The van der Waals surface area contributed by atoms with Crippen LogP contribution >= 0.6 is 0 Å². The molecule has 188 valence electrons. The molecule has 0 fully saturated rings. The number of nitrogens with one attached hydrogen (secondary N) is 2. The first-order valence-corrected chi connectivity index (χ1v) is 11.6. The van der Waals surface area contributed by atoms with Crippen molar-refractivity contribution in [2.24, 2.45) is 16.0 Å². The topological polar surface area (TPSA) is 99.0 Å². The molecule has 0 aromatic carbocycles. The molecule has 0 aliphatic carbocycles. The normalized spacial score (nSPS) is 14.7. The molecule has 1 unspecified atom stereocenters. The fraction of sp³-hybridized carbons (Fsp3) is 0.357. The summed E-state index contributed by atoms with van der Waals surface area (Å²) in [5, 5.41) is 17.3. The molecule has 0 aliphatic heterocycles. The third-order valence-electron chi connectivity index (χ3n) is 5.21. The molecule has 3 N–H and O–H groups in total. The second-order valence-corrected chi connectivity index (χ2v) is 8.64. The highest BCUT2D eigenvalue weighted by molar-refractivity contribution is 5.95. The molecule has 0 spiro atoms. The van der Waals surface area contributed by atoms with Gasteiger partial charge < -0.3 is 10.4 Å². The highest BCUT2D eigenvalue weighted by Gasteiger charge is 2.20. The van der Waals surface area contributed by atoms with Gasteiger partial charge in [-0.2, -0.15) is 5.10 Å². The van der Waals surface area contributed by atoms with Crippen LogP contribution in [0.15, 0.2) is 88.3 Å². The fourth-order valence-corrected chi connectivity index (χ4v) is 2.83. The molecule has 0 aliphatic rings. The number of carbonyl (C=O) groups excluding carboxylic acids is 1. The third kappa shape index (κ3) is 11.9. The Hall–Kier alpha value is -3.58. The molecular formula is C28H39N5O2. The molecule has 0 saturated heterocycles. The van der Waals surface area contributed by atoms with Gasteiger partial charge in [0.05, 0.1) is 17.8 Å². The molecule has 35 heavy (non-hydrogen) atoms. The van der Waals surface area contributed by atoms with Crippen molar-refractivity contribution in [1.29, 1.82) is 0 Å². The van der Waals surface area contributed by atoms with Crippen molar-refractivity contribution in [3.05, 3.63) is 89.5 Å². The van der Waals surface area contributed by atoms with Crippen LogP contribution in [0.25, 0.3) is 0 Å². The Morgan fingerprint density at radius 3 is 2.74 bits per heavy atom. The van der Waals surface area contributed by atoms with Crippen molar-refractivity contribution in [3.63, 3.8) is 0 Å². The van der Waals surface area contributed by atoms with Crippen molar-refractivity contribution in [2.45, 2.75) is 46.6 Å². The first-order valence-electron chi connectivity index (χ1n) is 11.6. The van der Waals surface area contributed by atoms with Crippen LogP contribution in [0, 0.1) is 5.92 Å². The highest BCUT2D eigenvalue weighted by Crippen LogP contribution is 2.21. The zero-order chi connectivity index (χ0) is 26.3. The van der Waals surface area contributed by atoms with E-state index in [9.17, 15) is 9.90 Å². The van der Waals surface area contributed by atoms with Crippen LogP contribution in [0.4, 0.5) is 0 Å². The van der Waals surface area contributed by atoms with Gasteiger partial charge in [-0.1, -0.05) is 43.9 Å². The van der Waals surface area contributed by atoms with Crippen LogP contribution in [0.3, 0.4) is 0 Å². The van der Waals surface area contributed by atoms with Gasteiger partial charge in [-0.05, 0) is 57.0 Å². The molecule has 1 heterocycles. The number of hydrazone groups is 1. The number of nitrogens with zero attached hydrogens (tertiary/aromatic N) is 3. The Labute approximate surface area is 209 Å². The van der Waals surface area contributed by atoms with Gasteiger partial charge in [0.2, 0.25) is 0 Å². The van der Waals surface area contributed by atoms with Crippen LogP contribution in [0.5, 0.6) is 0 Å². The summed E-state index contributed by atoms with van der Waals surface area (Å²) in [4.78, 5) is 21.0. The third-order valence-corrected chi connectivity index (χ3v) is 5.21. The quantitative estimate of drug-likeness (QED) is 0.220. The SMILES string of the molecule is C=C/C(=C\C)N/N=C/CNC(=O)c1ccnc(CC(=C/C(C)C(C)(C)O)/C=C/C=C(C)\C=N/C)c1. The monoisotopic (exact) mass is 477 g/mol. The number of aliphatic hydroxyl groups is 1. The first-order chi connectivity index (χ1) is 16.6. The second-order valence-electron chi connectivity index (χ2n) is 8.64. The van der Waals surface area contributed by atoms with Gasteiger partial charge in [0.1, 0.15) is 0 Å². The van der Waals surface area contributed by atoms with Gasteiger partial charge in [-0.3, -0.25) is 20.2 Å². The summed E-state index contributed by atoms with van der Waals surface area (Å²) in [6.45, 7) is 13.4. The van der Waals surface area contributed by atoms with E-state index in [4.69, 9.17) is 0 Å². The summed E-state index contributed by atoms with van der Waals surface area (Å²) < 4.78 is 0. The predicted molar refractivity (Wildman–Crippen MR) is 147 cm³/mol. The number of allylic oxidation sites excluding steroid dienone is 7. The van der Waals surface area contributed by atoms with Crippen LogP contribution in [0.1, 0.15) is 50.7 Å². The molecule has 0 radical (unpaired) electrons. The van der Waals surface area contributed by atoms with Crippen molar-refractivity contribution >= 4 is 18.3 Å². The molecule has 7 heteroatoms. The van der Waals surface area contributed by atoms with E-state index < -0.39 is 5.60 Å². The molecule has 0 bridgehead atoms. The zero-order valence-corrected chi connectivity index (χ0v) is 21.7. The standard InChI is InChI=1S/C28H39N5O2/c1-8-25(9-2)33-32-16-15-31-27(34)24-13-14-30-26(19-24)18-23(17-22(4)28(5,6)35)12-10-11-21(3)20-29-7/h8-14,16-17,19-20,22,33,35H,1,15,18H2,2-7H3,(H,31,34)/b12-10+,21-11-,23-17+,25-9+,29-20-,32-16+. The summed E-state index contributed by atoms with van der Waals surface area (Å²) in [7, 11) is 1.73. The van der Waals surface area contributed by atoms with Gasteiger partial charge in [0, 0.05) is 49.3 Å². The summed E-state index contributed by atoms with van der Waals surface area (Å²) in [5.74, 6) is -0.286. The number of amides is 1. The fourth-order valence-electron chi connectivity index (χ4n) is 2.83. The first kappa shape index (κ1) is 29.5. The lowest BCUT2D eigenvalue weighted by Gasteiger charge is -2.23. The van der Waals surface area contributed by atoms with Gasteiger partial charge in [-0.25, -0.2) is 0 Å². The number of hydrogen-bond donors (Lipinski definition) is 3. The minimum Gasteiger partial charge on any atom is -0.390 e. The molecule has 1 aromatic heterocycles. The van der Waals surface area contributed by atoms with E-state index in [1.165, 1.54) is 0 Å². The van der Waals surface area contributed by atoms with Gasteiger partial charge >= 0.3 is 0 Å². The van der Waals surface area contributed by atoms with Crippen molar-refractivity contribution < 1.29 is 9.90 Å². The molecule has 1 amide bonds. The van der Waals surface area contributed by atoms with E-state index in [1.54, 1.807) is 57.7 Å². The molecular weight excluding hydrogens is 438 g/mol. The van der Waals surface area contributed by atoms with E-state index in [-0.39, 0.29) is 18.4 Å². The number of rotatable bonds is 13. The summed E-state index contributed by atoms with van der Waals surface area (Å²) in [6.07, 6.45) is 17.0. The van der Waals surface area contributed by atoms with E-state index in [0.29, 0.717) is 12.0 Å². The number of aromatic nitrogens is 1. The Bertz CT molecular complexity index is 1020. The van der Waals surface area contributed by atoms with Gasteiger partial charge in [0.25, 0.3) is 5.91 Å². The lowest BCUT2D eigenvalue weighted by molar-refractivity contribution is 0.0438. The molecule has 1 rings (SSSR count). The Morgan fingerprint density at radius 2 is 2.11 bits per heavy atom. The second kappa shape index (κ2) is 15.3. The Morgan fingerprint density at radius 1 is 1.37 bits per heavy atom. The van der Waals surface area contributed by atoms with Crippen LogP contribution in [0.2, 0.25) is 0 Å². The lowest BCUT2D eigenvalue weighted by atomic mass is 9.90. The highest BCUT2D eigenvalue weighted by atomic mass is 16.3. The number of aliphatic imine (C=N–C) groups is 1. The summed E-state index contributed by atoms with van der Waals surface area (Å²) >= 11 is 0. The largest absolute Gasteiger partial charge is 0.390 e. The maximum Gasteiger partial charge on any atom is 0.251 e. The molecule has 1 atom stereocenters. The maximum absolute atomic E-state index is 12.6. The molecule has 1 aromatic rings. The number of hydrogen-bond acceptors (Lipinski definition) is 6. The Kier molecular flexibility index (Phi) is 12.9.